The van der Waals surface area contributed by atoms with Gasteiger partial charge in [-0.15, -0.1) is 0 Å². The number of ketones is 1. The number of carbonyl (C=O) groups excluding carboxylic acids is 2. The van der Waals surface area contributed by atoms with Crippen molar-refractivity contribution in [2.75, 3.05) is 39.5 Å². The fourth-order valence-corrected chi connectivity index (χ4v) is 3.85. The molecule has 2 saturated heterocycles. The van der Waals surface area contributed by atoms with Gasteiger partial charge in [0.1, 0.15) is 13.2 Å². The van der Waals surface area contributed by atoms with E-state index in [0.29, 0.717) is 50.0 Å². The smallest absolute Gasteiger partial charge is 0.223 e. The number of nitrogens with zero attached hydrogens (tertiary/aromatic N) is 1. The zero-order valence-electron chi connectivity index (χ0n) is 15.4. The maximum Gasteiger partial charge on any atom is 0.223 e. The van der Waals surface area contributed by atoms with Crippen LogP contribution in [0.15, 0.2) is 18.2 Å². The predicted octanol–water partition coefficient (Wildman–Crippen LogP) is 2.03. The fraction of sp³-hybridized carbons (Fsp3) is 0.600. The van der Waals surface area contributed by atoms with Crippen LogP contribution in [0, 0.1) is 5.92 Å². The number of hydrogen-bond acceptors (Lipinski definition) is 6. The van der Waals surface area contributed by atoms with Crippen molar-refractivity contribution < 1.29 is 28.5 Å². The Bertz CT molecular complexity index is 700. The molecule has 3 aliphatic rings. The third-order valence-corrected chi connectivity index (χ3v) is 5.27. The van der Waals surface area contributed by atoms with E-state index >= 15 is 0 Å². The highest BCUT2D eigenvalue weighted by Gasteiger charge is 2.32. The Morgan fingerprint density at radius 1 is 1.00 bits per heavy atom. The first-order valence-electron chi connectivity index (χ1n) is 9.64. The molecule has 7 nitrogen and oxygen atoms in total. The summed E-state index contributed by atoms with van der Waals surface area (Å²) in [7, 11) is 0. The van der Waals surface area contributed by atoms with Gasteiger partial charge in [-0.1, -0.05) is 0 Å². The molecule has 1 atom stereocenters. The standard InChI is InChI=1S/C20H25NO6/c22-16(14-3-5-17-18(12-14)25-9-8-24-17)4-6-19(23)21-7-1-2-15(13-21)20-26-10-11-27-20/h3,5,12,15,20H,1-2,4,6-11,13H2. The average molecular weight is 375 g/mol. The lowest BCUT2D eigenvalue weighted by atomic mass is 9.96. The minimum atomic E-state index is -0.194. The molecule has 27 heavy (non-hydrogen) atoms. The number of ether oxygens (including phenoxy) is 4. The van der Waals surface area contributed by atoms with Crippen LogP contribution < -0.4 is 9.47 Å². The van der Waals surface area contributed by atoms with Gasteiger partial charge in [-0.05, 0) is 31.0 Å². The van der Waals surface area contributed by atoms with Crippen LogP contribution >= 0.6 is 0 Å². The number of likely N-dealkylation sites (tertiary alicyclic amines) is 1. The highest BCUT2D eigenvalue weighted by Crippen LogP contribution is 2.31. The van der Waals surface area contributed by atoms with Gasteiger partial charge in [-0.3, -0.25) is 9.59 Å². The molecule has 4 rings (SSSR count). The summed E-state index contributed by atoms with van der Waals surface area (Å²) in [5.41, 5.74) is 0.552. The molecule has 0 saturated carbocycles. The SMILES string of the molecule is O=C(CCC(=O)N1CCCC(C2OCCO2)C1)c1ccc2c(c1)OCCO2. The van der Waals surface area contributed by atoms with Gasteiger partial charge in [0.2, 0.25) is 5.91 Å². The van der Waals surface area contributed by atoms with Gasteiger partial charge in [0.15, 0.2) is 23.6 Å². The number of amides is 1. The molecule has 0 spiro atoms. The molecule has 7 heteroatoms. The summed E-state index contributed by atoms with van der Waals surface area (Å²) in [4.78, 5) is 26.9. The van der Waals surface area contributed by atoms with Crippen molar-refractivity contribution >= 4 is 11.7 Å². The highest BCUT2D eigenvalue weighted by atomic mass is 16.7. The molecular formula is C20H25NO6. The number of rotatable bonds is 5. The Kier molecular flexibility index (Phi) is 5.59. The van der Waals surface area contributed by atoms with E-state index in [4.69, 9.17) is 18.9 Å². The lowest BCUT2D eigenvalue weighted by molar-refractivity contribution is -0.139. The molecular weight excluding hydrogens is 350 g/mol. The second-order valence-electron chi connectivity index (χ2n) is 7.13. The van der Waals surface area contributed by atoms with Crippen molar-refractivity contribution in [2.24, 2.45) is 5.92 Å². The van der Waals surface area contributed by atoms with Gasteiger partial charge < -0.3 is 23.8 Å². The first-order valence-corrected chi connectivity index (χ1v) is 9.64. The zero-order chi connectivity index (χ0) is 18.6. The molecule has 0 aromatic heterocycles. The van der Waals surface area contributed by atoms with E-state index < -0.39 is 0 Å². The minimum absolute atomic E-state index is 0.0172. The van der Waals surface area contributed by atoms with Crippen molar-refractivity contribution in [2.45, 2.75) is 32.0 Å². The van der Waals surface area contributed by atoms with Crippen molar-refractivity contribution in [3.8, 4) is 11.5 Å². The van der Waals surface area contributed by atoms with Gasteiger partial charge in [-0.2, -0.15) is 0 Å². The Hall–Kier alpha value is -2.12. The van der Waals surface area contributed by atoms with E-state index in [2.05, 4.69) is 0 Å². The molecule has 3 heterocycles. The molecule has 1 unspecified atom stereocenters. The number of carbonyl (C=O) groups is 2. The van der Waals surface area contributed by atoms with E-state index in [9.17, 15) is 9.59 Å². The average Bonchev–Trinajstić information content (AvgIpc) is 3.26. The summed E-state index contributed by atoms with van der Waals surface area (Å²) >= 11 is 0. The van der Waals surface area contributed by atoms with Crippen LogP contribution in [0.3, 0.4) is 0 Å². The summed E-state index contributed by atoms with van der Waals surface area (Å²) in [5, 5.41) is 0. The van der Waals surface area contributed by atoms with Crippen LogP contribution in [-0.2, 0) is 14.3 Å². The second-order valence-corrected chi connectivity index (χ2v) is 7.13. The quantitative estimate of drug-likeness (QED) is 0.733. The molecule has 0 N–H and O–H groups in total. The molecule has 2 fully saturated rings. The Morgan fingerprint density at radius 2 is 1.78 bits per heavy atom. The number of benzene rings is 1. The fourth-order valence-electron chi connectivity index (χ4n) is 3.85. The summed E-state index contributed by atoms with van der Waals surface area (Å²) in [5.74, 6) is 1.43. The van der Waals surface area contributed by atoms with E-state index in [1.165, 1.54) is 0 Å². The van der Waals surface area contributed by atoms with Crippen LogP contribution in [0.2, 0.25) is 0 Å². The van der Waals surface area contributed by atoms with Gasteiger partial charge in [0.25, 0.3) is 0 Å². The number of hydrogen-bond donors (Lipinski definition) is 0. The number of piperidine rings is 1. The lowest BCUT2D eigenvalue weighted by Gasteiger charge is -2.34. The number of Topliss-reactive ketones (excluding diaryl/α,β-unsaturated/α-hetero) is 1. The predicted molar refractivity (Wildman–Crippen MR) is 96.0 cm³/mol. The van der Waals surface area contributed by atoms with Gasteiger partial charge in [0.05, 0.1) is 13.2 Å². The third kappa shape index (κ3) is 4.25. The van der Waals surface area contributed by atoms with E-state index in [1.54, 1.807) is 18.2 Å². The van der Waals surface area contributed by atoms with Gasteiger partial charge in [0, 0.05) is 37.4 Å². The summed E-state index contributed by atoms with van der Waals surface area (Å²) in [6.07, 6.45) is 2.16. The Balaban J connectivity index is 1.30. The molecule has 0 bridgehead atoms. The van der Waals surface area contributed by atoms with Crippen LogP contribution in [0.1, 0.15) is 36.0 Å². The first kappa shape index (κ1) is 18.3. The van der Waals surface area contributed by atoms with Crippen LogP contribution in [-0.4, -0.2) is 62.4 Å². The summed E-state index contributed by atoms with van der Waals surface area (Å²) in [6, 6.07) is 5.18. The van der Waals surface area contributed by atoms with Crippen LogP contribution in [0.4, 0.5) is 0 Å². The molecule has 146 valence electrons. The molecule has 3 aliphatic heterocycles. The topological polar surface area (TPSA) is 74.3 Å². The summed E-state index contributed by atoms with van der Waals surface area (Å²) < 4.78 is 22.2. The minimum Gasteiger partial charge on any atom is -0.486 e. The number of fused-ring (bicyclic) bond motifs is 1. The van der Waals surface area contributed by atoms with Crippen molar-refractivity contribution in [1.29, 1.82) is 0 Å². The van der Waals surface area contributed by atoms with E-state index in [-0.39, 0.29) is 36.7 Å². The molecule has 1 amide bonds. The Labute approximate surface area is 158 Å². The van der Waals surface area contributed by atoms with Gasteiger partial charge in [-0.25, -0.2) is 0 Å². The molecule has 0 aliphatic carbocycles. The second kappa shape index (κ2) is 8.27. The van der Waals surface area contributed by atoms with Gasteiger partial charge >= 0.3 is 0 Å². The van der Waals surface area contributed by atoms with Crippen LogP contribution in [0.5, 0.6) is 11.5 Å². The monoisotopic (exact) mass is 375 g/mol. The largest absolute Gasteiger partial charge is 0.486 e. The molecule has 1 aromatic rings. The molecule has 1 aromatic carbocycles. The maximum atomic E-state index is 12.6. The summed E-state index contributed by atoms with van der Waals surface area (Å²) in [6.45, 7) is 3.62. The lowest BCUT2D eigenvalue weighted by Crippen LogP contribution is -2.43. The molecule has 0 radical (unpaired) electrons. The normalized spacial score (nSPS) is 22.7. The van der Waals surface area contributed by atoms with Crippen molar-refractivity contribution in [3.63, 3.8) is 0 Å². The zero-order valence-corrected chi connectivity index (χ0v) is 15.4. The van der Waals surface area contributed by atoms with Crippen molar-refractivity contribution in [3.05, 3.63) is 23.8 Å². The first-order chi connectivity index (χ1) is 13.2. The maximum absolute atomic E-state index is 12.6. The highest BCUT2D eigenvalue weighted by molar-refractivity contribution is 5.98. The van der Waals surface area contributed by atoms with E-state index in [1.807, 2.05) is 4.90 Å². The van der Waals surface area contributed by atoms with Crippen molar-refractivity contribution in [1.82, 2.24) is 4.90 Å². The van der Waals surface area contributed by atoms with Crippen LogP contribution in [0.25, 0.3) is 0 Å². The third-order valence-electron chi connectivity index (χ3n) is 5.27. The Morgan fingerprint density at radius 3 is 2.59 bits per heavy atom. The van der Waals surface area contributed by atoms with E-state index in [0.717, 1.165) is 19.4 Å².